The van der Waals surface area contributed by atoms with Gasteiger partial charge in [-0.3, -0.25) is 4.79 Å². The van der Waals surface area contributed by atoms with Gasteiger partial charge in [0.25, 0.3) is 0 Å². The molecule has 1 aromatic rings. The number of nitrogens with one attached hydrogen (secondary N) is 2. The minimum Gasteiger partial charge on any atom is -0.355 e. The molecule has 6 heteroatoms. The van der Waals surface area contributed by atoms with Crippen LogP contribution in [0, 0.1) is 11.3 Å². The summed E-state index contributed by atoms with van der Waals surface area (Å²) >= 11 is 0. The second kappa shape index (κ2) is 5.48. The van der Waals surface area contributed by atoms with Gasteiger partial charge in [-0.2, -0.15) is 4.98 Å². The quantitative estimate of drug-likeness (QED) is 0.791. The van der Waals surface area contributed by atoms with E-state index in [2.05, 4.69) is 39.1 Å². The van der Waals surface area contributed by atoms with E-state index in [0.717, 1.165) is 19.5 Å². The van der Waals surface area contributed by atoms with Crippen molar-refractivity contribution in [3.05, 3.63) is 12.2 Å². The van der Waals surface area contributed by atoms with Crippen molar-refractivity contribution in [1.29, 1.82) is 0 Å². The van der Waals surface area contributed by atoms with Crippen LogP contribution in [0.1, 0.15) is 26.1 Å². The Morgan fingerprint density at radius 3 is 3.06 bits per heavy atom. The van der Waals surface area contributed by atoms with Crippen LogP contribution in [0.3, 0.4) is 0 Å². The lowest BCUT2D eigenvalue weighted by Crippen LogP contribution is -2.46. The van der Waals surface area contributed by atoms with Crippen LogP contribution in [0.2, 0.25) is 0 Å². The maximum absolute atomic E-state index is 12.3. The predicted molar refractivity (Wildman–Crippen MR) is 65.8 cm³/mol. The molecule has 6 nitrogen and oxygen atoms in total. The van der Waals surface area contributed by atoms with Gasteiger partial charge in [0.05, 0.1) is 5.41 Å². The Morgan fingerprint density at radius 2 is 2.50 bits per heavy atom. The minimum absolute atomic E-state index is 0.131. The van der Waals surface area contributed by atoms with Gasteiger partial charge >= 0.3 is 0 Å². The van der Waals surface area contributed by atoms with E-state index in [1.165, 1.54) is 6.39 Å². The summed E-state index contributed by atoms with van der Waals surface area (Å²) in [5.74, 6) is 1.09. The molecule has 1 atom stereocenters. The van der Waals surface area contributed by atoms with Gasteiger partial charge in [-0.05, 0) is 18.9 Å². The number of hydrogen-bond donors (Lipinski definition) is 2. The van der Waals surface area contributed by atoms with E-state index >= 15 is 0 Å². The van der Waals surface area contributed by atoms with Gasteiger partial charge in [0.15, 0.2) is 5.82 Å². The number of aromatic nitrogens is 2. The summed E-state index contributed by atoms with van der Waals surface area (Å²) in [7, 11) is 0. The van der Waals surface area contributed by atoms with E-state index in [1.54, 1.807) is 0 Å². The average Bonchev–Trinajstić information content (AvgIpc) is 3.00. The monoisotopic (exact) mass is 252 g/mol. The normalized spacial score (nSPS) is 23.5. The average molecular weight is 252 g/mol. The molecule has 1 amide bonds. The first-order chi connectivity index (χ1) is 8.65. The third kappa shape index (κ3) is 2.53. The van der Waals surface area contributed by atoms with Crippen LogP contribution in [0.4, 0.5) is 0 Å². The van der Waals surface area contributed by atoms with Crippen LogP contribution >= 0.6 is 0 Å². The standard InChI is InChI=1S/C12H20N4O2/c1-9(2)12(4-6-13-7-12)11(17)14-5-3-10-15-8-18-16-10/h8-9,13H,3-7H2,1-2H3,(H,14,17). The van der Waals surface area contributed by atoms with Crippen LogP contribution in [-0.2, 0) is 11.2 Å². The fourth-order valence-corrected chi connectivity index (χ4v) is 2.43. The molecule has 2 rings (SSSR count). The highest BCUT2D eigenvalue weighted by molar-refractivity contribution is 5.83. The first-order valence-corrected chi connectivity index (χ1v) is 6.39. The molecule has 0 spiro atoms. The SMILES string of the molecule is CC(C)C1(C(=O)NCCc2ncon2)CCNC1. The molecule has 1 saturated heterocycles. The Balaban J connectivity index is 1.86. The van der Waals surface area contributed by atoms with Crippen molar-refractivity contribution < 1.29 is 9.32 Å². The zero-order valence-electron chi connectivity index (χ0n) is 10.9. The van der Waals surface area contributed by atoms with Gasteiger partial charge in [0, 0.05) is 19.5 Å². The fourth-order valence-electron chi connectivity index (χ4n) is 2.43. The second-order valence-corrected chi connectivity index (χ2v) is 5.09. The molecule has 2 heterocycles. The van der Waals surface area contributed by atoms with Crippen LogP contribution in [0.15, 0.2) is 10.9 Å². The third-order valence-corrected chi connectivity index (χ3v) is 3.79. The van der Waals surface area contributed by atoms with E-state index < -0.39 is 0 Å². The molecule has 0 radical (unpaired) electrons. The Labute approximate surface area is 107 Å². The van der Waals surface area contributed by atoms with E-state index in [9.17, 15) is 4.79 Å². The number of amides is 1. The highest BCUT2D eigenvalue weighted by Gasteiger charge is 2.43. The zero-order chi connectivity index (χ0) is 13.0. The number of carbonyl (C=O) groups excluding carboxylic acids is 1. The van der Waals surface area contributed by atoms with Crippen molar-refractivity contribution in [3.8, 4) is 0 Å². The second-order valence-electron chi connectivity index (χ2n) is 5.09. The molecule has 18 heavy (non-hydrogen) atoms. The summed E-state index contributed by atoms with van der Waals surface area (Å²) in [4.78, 5) is 16.2. The number of carbonyl (C=O) groups is 1. The van der Waals surface area contributed by atoms with Crippen LogP contribution < -0.4 is 10.6 Å². The van der Waals surface area contributed by atoms with Crippen LogP contribution in [-0.4, -0.2) is 35.7 Å². The molecule has 0 aromatic carbocycles. The lowest BCUT2D eigenvalue weighted by atomic mass is 9.75. The van der Waals surface area contributed by atoms with E-state index in [-0.39, 0.29) is 11.3 Å². The smallest absolute Gasteiger partial charge is 0.227 e. The lowest BCUT2D eigenvalue weighted by molar-refractivity contribution is -0.132. The molecule has 0 aliphatic carbocycles. The largest absolute Gasteiger partial charge is 0.355 e. The molecule has 1 aliphatic heterocycles. The molecule has 1 aromatic heterocycles. The van der Waals surface area contributed by atoms with Crippen molar-refractivity contribution in [2.24, 2.45) is 11.3 Å². The molecular formula is C12H20N4O2. The Hall–Kier alpha value is -1.43. The van der Waals surface area contributed by atoms with Gasteiger partial charge < -0.3 is 15.2 Å². The van der Waals surface area contributed by atoms with Crippen LogP contribution in [0.5, 0.6) is 0 Å². The first-order valence-electron chi connectivity index (χ1n) is 6.39. The summed E-state index contributed by atoms with van der Waals surface area (Å²) in [6.45, 7) is 6.43. The van der Waals surface area contributed by atoms with E-state index in [1.807, 2.05) is 0 Å². The zero-order valence-corrected chi connectivity index (χ0v) is 10.9. The minimum atomic E-state index is -0.267. The molecule has 1 fully saturated rings. The summed E-state index contributed by atoms with van der Waals surface area (Å²) in [6, 6.07) is 0. The van der Waals surface area contributed by atoms with Gasteiger partial charge in [-0.1, -0.05) is 19.0 Å². The molecule has 0 bridgehead atoms. The van der Waals surface area contributed by atoms with Gasteiger partial charge in [0.1, 0.15) is 0 Å². The van der Waals surface area contributed by atoms with E-state index in [0.29, 0.717) is 24.7 Å². The predicted octanol–water partition coefficient (Wildman–Crippen LogP) is 0.364. The number of rotatable bonds is 5. The molecular weight excluding hydrogens is 232 g/mol. The highest BCUT2D eigenvalue weighted by atomic mass is 16.5. The summed E-state index contributed by atoms with van der Waals surface area (Å²) in [5, 5.41) is 9.98. The summed E-state index contributed by atoms with van der Waals surface area (Å²) in [6.07, 6.45) is 2.80. The van der Waals surface area contributed by atoms with Crippen molar-refractivity contribution >= 4 is 5.91 Å². The number of hydrogen-bond acceptors (Lipinski definition) is 5. The third-order valence-electron chi connectivity index (χ3n) is 3.79. The molecule has 1 aliphatic rings. The fraction of sp³-hybridized carbons (Fsp3) is 0.750. The summed E-state index contributed by atoms with van der Waals surface area (Å²) in [5.41, 5.74) is -0.267. The topological polar surface area (TPSA) is 80.1 Å². The Kier molecular flexibility index (Phi) is 3.96. The first kappa shape index (κ1) is 13.0. The molecule has 100 valence electrons. The van der Waals surface area contributed by atoms with Gasteiger partial charge in [-0.15, -0.1) is 0 Å². The summed E-state index contributed by atoms with van der Waals surface area (Å²) < 4.78 is 4.65. The maximum Gasteiger partial charge on any atom is 0.227 e. The molecule has 1 unspecified atom stereocenters. The highest BCUT2D eigenvalue weighted by Crippen LogP contribution is 2.34. The lowest BCUT2D eigenvalue weighted by Gasteiger charge is -2.31. The molecule has 2 N–H and O–H groups in total. The van der Waals surface area contributed by atoms with Crippen molar-refractivity contribution in [2.45, 2.75) is 26.7 Å². The Bertz CT molecular complexity index is 383. The maximum atomic E-state index is 12.3. The van der Waals surface area contributed by atoms with Gasteiger partial charge in [0.2, 0.25) is 12.3 Å². The number of nitrogens with zero attached hydrogens (tertiary/aromatic N) is 2. The molecule has 0 saturated carbocycles. The van der Waals surface area contributed by atoms with Crippen molar-refractivity contribution in [3.63, 3.8) is 0 Å². The van der Waals surface area contributed by atoms with Crippen molar-refractivity contribution in [1.82, 2.24) is 20.8 Å². The Morgan fingerprint density at radius 1 is 1.67 bits per heavy atom. The van der Waals surface area contributed by atoms with Crippen LogP contribution in [0.25, 0.3) is 0 Å². The van der Waals surface area contributed by atoms with E-state index in [4.69, 9.17) is 0 Å². The van der Waals surface area contributed by atoms with Gasteiger partial charge in [-0.25, -0.2) is 0 Å². The van der Waals surface area contributed by atoms with Crippen molar-refractivity contribution in [2.75, 3.05) is 19.6 Å².